The molecule has 0 unspecified atom stereocenters. The zero-order valence-electron chi connectivity index (χ0n) is 10.9. The summed E-state index contributed by atoms with van der Waals surface area (Å²) in [5.41, 5.74) is 7.27. The van der Waals surface area contributed by atoms with Gasteiger partial charge in [0.1, 0.15) is 18.2 Å². The molecule has 3 rings (SSSR count). The third-order valence-corrected chi connectivity index (χ3v) is 4.73. The fraction of sp³-hybridized carbons (Fsp3) is 0.0667. The van der Waals surface area contributed by atoms with Gasteiger partial charge in [-0.25, -0.2) is 12.8 Å². The Morgan fingerprint density at radius 2 is 1.81 bits per heavy atom. The third-order valence-electron chi connectivity index (χ3n) is 3.16. The Kier molecular flexibility index (Phi) is 3.17. The zero-order chi connectivity index (χ0) is 15.0. The molecule has 0 saturated carbocycles. The van der Waals surface area contributed by atoms with Crippen molar-refractivity contribution >= 4 is 21.1 Å². The minimum Gasteiger partial charge on any atom is -0.489 e. The monoisotopic (exact) mass is 305 g/mol. The predicted molar refractivity (Wildman–Crippen MR) is 77.9 cm³/mol. The van der Waals surface area contributed by atoms with Crippen LogP contribution in [0.25, 0.3) is 5.57 Å². The average molecular weight is 305 g/mol. The van der Waals surface area contributed by atoms with E-state index in [9.17, 15) is 12.8 Å². The highest BCUT2D eigenvalue weighted by Gasteiger charge is 2.27. The highest BCUT2D eigenvalue weighted by atomic mass is 32.2. The van der Waals surface area contributed by atoms with Crippen LogP contribution in [0.1, 0.15) is 5.56 Å². The first-order valence-corrected chi connectivity index (χ1v) is 7.74. The summed E-state index contributed by atoms with van der Waals surface area (Å²) in [6, 6.07) is 10.2. The second kappa shape index (κ2) is 4.89. The van der Waals surface area contributed by atoms with E-state index in [0.29, 0.717) is 22.6 Å². The quantitative estimate of drug-likeness (QED) is 0.885. The van der Waals surface area contributed by atoms with Gasteiger partial charge in [0.25, 0.3) is 0 Å². The Bertz CT molecular complexity index is 826. The predicted octanol–water partition coefficient (Wildman–Crippen LogP) is 2.62. The van der Waals surface area contributed by atoms with Gasteiger partial charge in [0, 0.05) is 22.2 Å². The number of ether oxygens (including phenoxy) is 1. The van der Waals surface area contributed by atoms with Crippen LogP contribution in [0.4, 0.5) is 10.1 Å². The van der Waals surface area contributed by atoms with Crippen molar-refractivity contribution in [2.45, 2.75) is 4.90 Å². The van der Waals surface area contributed by atoms with E-state index in [1.165, 1.54) is 35.7 Å². The van der Waals surface area contributed by atoms with E-state index in [0.717, 1.165) is 0 Å². The lowest BCUT2D eigenvalue weighted by Gasteiger charge is -2.08. The first-order valence-electron chi connectivity index (χ1n) is 6.20. The molecule has 0 aliphatic carbocycles. The van der Waals surface area contributed by atoms with E-state index in [4.69, 9.17) is 10.5 Å². The van der Waals surface area contributed by atoms with Gasteiger partial charge in [0.05, 0.1) is 4.90 Å². The average Bonchev–Trinajstić information content (AvgIpc) is 2.69. The molecule has 0 saturated heterocycles. The number of benzene rings is 2. The van der Waals surface area contributed by atoms with E-state index in [1.807, 2.05) is 0 Å². The van der Waals surface area contributed by atoms with E-state index >= 15 is 0 Å². The molecule has 4 nitrogen and oxygen atoms in total. The highest BCUT2D eigenvalue weighted by Crippen LogP contribution is 2.34. The Balaban J connectivity index is 1.87. The second-order valence-electron chi connectivity index (χ2n) is 4.69. The lowest BCUT2D eigenvalue weighted by molar-refractivity contribution is 0.369. The standard InChI is InChI=1S/C15H12FNO3S/c16-11-1-4-13(5-2-11)20-8-10-9-21(18,19)15-6-3-12(17)7-14(10)15/h1-7,9H,8,17H2. The van der Waals surface area contributed by atoms with Gasteiger partial charge in [-0.05, 0) is 42.5 Å². The van der Waals surface area contributed by atoms with Crippen molar-refractivity contribution in [1.82, 2.24) is 0 Å². The number of hydrogen-bond donors (Lipinski definition) is 1. The van der Waals surface area contributed by atoms with Gasteiger partial charge in [0.2, 0.25) is 9.84 Å². The molecule has 0 fully saturated rings. The number of hydrogen-bond acceptors (Lipinski definition) is 4. The number of rotatable bonds is 3. The van der Waals surface area contributed by atoms with Crippen molar-refractivity contribution < 1.29 is 17.5 Å². The molecule has 2 aromatic rings. The fourth-order valence-corrected chi connectivity index (χ4v) is 3.62. The summed E-state index contributed by atoms with van der Waals surface area (Å²) in [5.74, 6) is 0.107. The molecule has 1 aliphatic heterocycles. The molecule has 6 heteroatoms. The molecule has 0 spiro atoms. The molecule has 21 heavy (non-hydrogen) atoms. The minimum absolute atomic E-state index is 0.0707. The van der Waals surface area contributed by atoms with Crippen LogP contribution in [0.2, 0.25) is 0 Å². The van der Waals surface area contributed by atoms with Crippen molar-refractivity contribution in [3.63, 3.8) is 0 Å². The minimum atomic E-state index is -3.44. The number of halogens is 1. The molecule has 2 aromatic carbocycles. The van der Waals surface area contributed by atoms with Crippen molar-refractivity contribution in [1.29, 1.82) is 0 Å². The Morgan fingerprint density at radius 1 is 1.10 bits per heavy atom. The van der Waals surface area contributed by atoms with Gasteiger partial charge < -0.3 is 10.5 Å². The van der Waals surface area contributed by atoms with Crippen LogP contribution in [0, 0.1) is 5.82 Å². The highest BCUT2D eigenvalue weighted by molar-refractivity contribution is 7.95. The molecule has 0 radical (unpaired) electrons. The van der Waals surface area contributed by atoms with Crippen LogP contribution in [-0.2, 0) is 9.84 Å². The maximum absolute atomic E-state index is 12.8. The lowest BCUT2D eigenvalue weighted by Crippen LogP contribution is -2.00. The van der Waals surface area contributed by atoms with Crippen LogP contribution in [0.15, 0.2) is 52.8 Å². The number of sulfone groups is 1. The van der Waals surface area contributed by atoms with E-state index in [2.05, 4.69) is 0 Å². The van der Waals surface area contributed by atoms with Crippen LogP contribution in [0.5, 0.6) is 5.75 Å². The molecule has 1 aliphatic rings. The molecular formula is C15H12FNO3S. The maximum atomic E-state index is 12.8. The third kappa shape index (κ3) is 2.62. The first-order chi connectivity index (χ1) is 9.95. The molecular weight excluding hydrogens is 293 g/mol. The molecule has 108 valence electrons. The zero-order valence-corrected chi connectivity index (χ0v) is 11.7. The fourth-order valence-electron chi connectivity index (χ4n) is 2.16. The Morgan fingerprint density at radius 3 is 2.52 bits per heavy atom. The normalized spacial score (nSPS) is 15.4. The second-order valence-corrected chi connectivity index (χ2v) is 6.45. The van der Waals surface area contributed by atoms with Crippen molar-refractivity contribution in [2.75, 3.05) is 12.3 Å². The van der Waals surface area contributed by atoms with Crippen molar-refractivity contribution in [3.05, 3.63) is 59.3 Å². The van der Waals surface area contributed by atoms with E-state index in [-0.39, 0.29) is 17.3 Å². The number of anilines is 1. The number of nitrogen functional groups attached to an aromatic ring is 1. The topological polar surface area (TPSA) is 69.4 Å². The summed E-state index contributed by atoms with van der Waals surface area (Å²) >= 11 is 0. The number of nitrogens with two attached hydrogens (primary N) is 1. The van der Waals surface area contributed by atoms with Crippen molar-refractivity contribution in [3.8, 4) is 5.75 Å². The lowest BCUT2D eigenvalue weighted by atomic mass is 10.1. The first kappa shape index (κ1) is 13.6. The summed E-state index contributed by atoms with van der Waals surface area (Å²) in [7, 11) is -3.44. The summed E-state index contributed by atoms with van der Waals surface area (Å²) in [6.07, 6.45) is 0. The summed E-state index contributed by atoms with van der Waals surface area (Å²) in [4.78, 5) is 0.231. The van der Waals surface area contributed by atoms with Gasteiger partial charge in [-0.1, -0.05) is 0 Å². The smallest absolute Gasteiger partial charge is 0.200 e. The summed E-state index contributed by atoms with van der Waals surface area (Å²) in [6.45, 7) is 0.0707. The summed E-state index contributed by atoms with van der Waals surface area (Å²) in [5, 5.41) is 1.18. The number of fused-ring (bicyclic) bond motifs is 1. The van der Waals surface area contributed by atoms with Crippen molar-refractivity contribution in [2.24, 2.45) is 0 Å². The van der Waals surface area contributed by atoms with E-state index < -0.39 is 9.84 Å². The largest absolute Gasteiger partial charge is 0.489 e. The molecule has 2 N–H and O–H groups in total. The Labute approximate surface area is 121 Å². The van der Waals surface area contributed by atoms with Gasteiger partial charge in [-0.2, -0.15) is 0 Å². The molecule has 1 heterocycles. The van der Waals surface area contributed by atoms with Crippen LogP contribution in [0.3, 0.4) is 0 Å². The van der Waals surface area contributed by atoms with Gasteiger partial charge in [0.15, 0.2) is 0 Å². The van der Waals surface area contributed by atoms with Crippen LogP contribution >= 0.6 is 0 Å². The SMILES string of the molecule is Nc1ccc2c(c1)C(COc1ccc(F)cc1)=CS2(=O)=O. The molecule has 0 atom stereocenters. The van der Waals surface area contributed by atoms with E-state index in [1.54, 1.807) is 12.1 Å². The molecule has 0 aromatic heterocycles. The van der Waals surface area contributed by atoms with Crippen LogP contribution < -0.4 is 10.5 Å². The maximum Gasteiger partial charge on any atom is 0.200 e. The van der Waals surface area contributed by atoms with Gasteiger partial charge in [-0.3, -0.25) is 0 Å². The van der Waals surface area contributed by atoms with Gasteiger partial charge >= 0.3 is 0 Å². The molecule has 0 bridgehead atoms. The summed E-state index contributed by atoms with van der Waals surface area (Å²) < 4.78 is 42.3. The van der Waals surface area contributed by atoms with Crippen LogP contribution in [-0.4, -0.2) is 15.0 Å². The Hall–Kier alpha value is -2.34. The van der Waals surface area contributed by atoms with Gasteiger partial charge in [-0.15, -0.1) is 0 Å². The molecule has 0 amide bonds.